The lowest BCUT2D eigenvalue weighted by atomic mass is 11.2. The van der Waals surface area contributed by atoms with Crippen LogP contribution in [0.1, 0.15) is 0 Å². The molecule has 0 aromatic rings. The van der Waals surface area contributed by atoms with Gasteiger partial charge in [0.15, 0.2) is 0 Å². The lowest BCUT2D eigenvalue weighted by Crippen LogP contribution is -2.17. The van der Waals surface area contributed by atoms with Gasteiger partial charge in [0.25, 0.3) is 0 Å². The number of hydrogen-bond acceptors (Lipinski definition) is 3. The molecule has 0 aliphatic rings. The molecule has 0 atom stereocenters. The number of halogens is 1. The first-order valence-corrected chi connectivity index (χ1v) is 3.43. The van der Waals surface area contributed by atoms with Crippen molar-refractivity contribution in [2.24, 2.45) is 0 Å². The van der Waals surface area contributed by atoms with E-state index in [1.807, 2.05) is 14.1 Å². The molecule has 0 saturated carbocycles. The van der Waals surface area contributed by atoms with E-state index in [1.165, 1.54) is 16.4 Å². The van der Waals surface area contributed by atoms with Gasteiger partial charge in [0.05, 0.1) is 0 Å². The summed E-state index contributed by atoms with van der Waals surface area (Å²) < 4.78 is 3.11. The molecule has 0 rings (SSSR count). The molecule has 0 aromatic heterocycles. The number of nitrogens with zero attached hydrogens (tertiary/aromatic N) is 2. The minimum Gasteiger partial charge on any atom is -0.263 e. The van der Waals surface area contributed by atoms with Crippen molar-refractivity contribution in [1.29, 1.82) is 0 Å². The van der Waals surface area contributed by atoms with E-state index in [9.17, 15) is 4.79 Å². The van der Waals surface area contributed by atoms with Gasteiger partial charge in [0.2, 0.25) is 0 Å². The summed E-state index contributed by atoms with van der Waals surface area (Å²) in [4.78, 5) is 10.3. The second-order valence-corrected chi connectivity index (χ2v) is 3.41. The number of amides is 1. The van der Waals surface area contributed by atoms with Crippen molar-refractivity contribution in [2.45, 2.75) is 0 Å². The highest BCUT2D eigenvalue weighted by Gasteiger charge is 2.04. The zero-order chi connectivity index (χ0) is 7.44. The molecule has 0 aliphatic heterocycles. The van der Waals surface area contributed by atoms with E-state index in [4.69, 9.17) is 11.6 Å². The lowest BCUT2D eigenvalue weighted by molar-refractivity contribution is 0.250. The van der Waals surface area contributed by atoms with Crippen LogP contribution in [0.3, 0.4) is 0 Å². The van der Waals surface area contributed by atoms with E-state index in [1.54, 1.807) is 11.4 Å². The summed E-state index contributed by atoms with van der Waals surface area (Å²) in [5.74, 6) is 0. The summed E-state index contributed by atoms with van der Waals surface area (Å²) in [6.45, 7) is 0. The molecule has 0 bridgehead atoms. The average Bonchev–Trinajstić information content (AvgIpc) is 1.63. The third-order valence-electron chi connectivity index (χ3n) is 0.533. The third kappa shape index (κ3) is 4.57. The van der Waals surface area contributed by atoms with Gasteiger partial charge >= 0.3 is 5.37 Å². The first-order chi connectivity index (χ1) is 4.04. The van der Waals surface area contributed by atoms with E-state index in [2.05, 4.69) is 0 Å². The van der Waals surface area contributed by atoms with Crippen molar-refractivity contribution in [3.05, 3.63) is 0 Å². The van der Waals surface area contributed by atoms with Crippen LogP contribution in [0.4, 0.5) is 4.79 Å². The second-order valence-electron chi connectivity index (χ2n) is 1.64. The minimum atomic E-state index is -0.464. The Morgan fingerprint density at radius 3 is 2.00 bits per heavy atom. The fraction of sp³-hybridized carbons (Fsp3) is 0.750. The molecule has 3 nitrogen and oxygen atoms in total. The minimum absolute atomic E-state index is 0.464. The smallest absolute Gasteiger partial charge is 0.263 e. The van der Waals surface area contributed by atoms with Crippen LogP contribution in [0.5, 0.6) is 0 Å². The average molecular weight is 169 g/mol. The molecule has 0 aromatic carbocycles. The predicted octanol–water partition coefficient (Wildman–Crippen LogP) is 1.40. The van der Waals surface area contributed by atoms with Gasteiger partial charge in [-0.25, -0.2) is 4.31 Å². The van der Waals surface area contributed by atoms with Crippen molar-refractivity contribution in [1.82, 2.24) is 8.61 Å². The summed E-state index contributed by atoms with van der Waals surface area (Å²) in [5, 5.41) is -0.464. The van der Waals surface area contributed by atoms with Crippen molar-refractivity contribution in [3.63, 3.8) is 0 Å². The summed E-state index contributed by atoms with van der Waals surface area (Å²) in [5.41, 5.74) is 0. The molecule has 0 radical (unpaired) electrons. The van der Waals surface area contributed by atoms with Crippen molar-refractivity contribution >= 4 is 29.1 Å². The molecule has 54 valence electrons. The van der Waals surface area contributed by atoms with Crippen LogP contribution in [-0.4, -0.2) is 35.1 Å². The van der Waals surface area contributed by atoms with Crippen LogP contribution in [0, 0.1) is 0 Å². The summed E-state index contributed by atoms with van der Waals surface area (Å²) in [7, 11) is 5.28. The summed E-state index contributed by atoms with van der Waals surface area (Å²) in [6, 6.07) is 0. The SMILES string of the molecule is CN(C)SN(C)C(=O)Cl. The molecule has 1 amide bonds. The molecule has 5 heteroatoms. The van der Waals surface area contributed by atoms with Crippen LogP contribution in [0.25, 0.3) is 0 Å². The Labute approximate surface area is 64.2 Å². The first-order valence-electron chi connectivity index (χ1n) is 2.32. The van der Waals surface area contributed by atoms with Gasteiger partial charge < -0.3 is 0 Å². The topological polar surface area (TPSA) is 23.6 Å². The zero-order valence-electron chi connectivity index (χ0n) is 5.59. The van der Waals surface area contributed by atoms with Gasteiger partial charge in [0, 0.05) is 19.2 Å². The van der Waals surface area contributed by atoms with E-state index in [0.29, 0.717) is 0 Å². The Bertz CT molecular complexity index is 109. The van der Waals surface area contributed by atoms with E-state index in [0.717, 1.165) is 0 Å². The monoisotopic (exact) mass is 168 g/mol. The molecule has 0 unspecified atom stereocenters. The molecule has 0 spiro atoms. The van der Waals surface area contributed by atoms with Gasteiger partial charge in [-0.3, -0.25) is 9.10 Å². The molecule has 0 saturated heterocycles. The number of hydrogen-bond donors (Lipinski definition) is 0. The standard InChI is InChI=1S/C4H9ClN2OS/c1-6(2)9-7(3)4(5)8/h1-3H3. The Balaban J connectivity index is 3.50. The quantitative estimate of drug-likeness (QED) is 0.354. The lowest BCUT2D eigenvalue weighted by Gasteiger charge is -2.15. The molecule has 0 heterocycles. The maximum Gasteiger partial charge on any atom is 0.327 e. The maximum atomic E-state index is 10.3. The number of carbonyl (C=O) groups excluding carboxylic acids is 1. The van der Waals surface area contributed by atoms with Gasteiger partial charge in [0.1, 0.15) is 0 Å². The van der Waals surface area contributed by atoms with Gasteiger partial charge in [-0.15, -0.1) is 0 Å². The molecule has 0 aliphatic carbocycles. The predicted molar refractivity (Wildman–Crippen MR) is 40.3 cm³/mol. The van der Waals surface area contributed by atoms with Crippen LogP contribution in [-0.2, 0) is 0 Å². The molecular weight excluding hydrogens is 160 g/mol. The second kappa shape index (κ2) is 3.98. The largest absolute Gasteiger partial charge is 0.327 e. The maximum absolute atomic E-state index is 10.3. The van der Waals surface area contributed by atoms with Crippen LogP contribution in [0.15, 0.2) is 0 Å². The van der Waals surface area contributed by atoms with Gasteiger partial charge in [-0.1, -0.05) is 0 Å². The number of rotatable bonds is 2. The Hall–Kier alpha value is 0.0700. The van der Waals surface area contributed by atoms with Crippen molar-refractivity contribution in [3.8, 4) is 0 Å². The molecular formula is C4H9ClN2OS. The summed E-state index contributed by atoms with van der Waals surface area (Å²) >= 11 is 6.36. The molecule has 0 N–H and O–H groups in total. The fourth-order valence-corrected chi connectivity index (χ4v) is 0.924. The zero-order valence-corrected chi connectivity index (χ0v) is 7.16. The highest BCUT2D eigenvalue weighted by molar-refractivity contribution is 7.95. The van der Waals surface area contributed by atoms with Crippen molar-refractivity contribution < 1.29 is 4.79 Å². The Morgan fingerprint density at radius 1 is 1.44 bits per heavy atom. The van der Waals surface area contributed by atoms with Crippen LogP contribution >= 0.6 is 23.7 Å². The van der Waals surface area contributed by atoms with Crippen LogP contribution < -0.4 is 0 Å². The highest BCUT2D eigenvalue weighted by atomic mass is 35.5. The summed E-state index contributed by atoms with van der Waals surface area (Å²) in [6.07, 6.45) is 0. The van der Waals surface area contributed by atoms with Gasteiger partial charge in [-0.2, -0.15) is 0 Å². The molecule has 9 heavy (non-hydrogen) atoms. The highest BCUT2D eigenvalue weighted by Crippen LogP contribution is 2.10. The Kier molecular flexibility index (Phi) is 4.01. The van der Waals surface area contributed by atoms with E-state index in [-0.39, 0.29) is 0 Å². The normalized spacial score (nSPS) is 9.89. The number of carbonyl (C=O) groups is 1. The van der Waals surface area contributed by atoms with Crippen LogP contribution in [0.2, 0.25) is 0 Å². The van der Waals surface area contributed by atoms with Crippen molar-refractivity contribution in [2.75, 3.05) is 21.1 Å². The third-order valence-corrected chi connectivity index (χ3v) is 1.62. The molecule has 0 fully saturated rings. The van der Waals surface area contributed by atoms with E-state index < -0.39 is 5.37 Å². The fourth-order valence-electron chi connectivity index (χ4n) is 0.277. The van der Waals surface area contributed by atoms with E-state index >= 15 is 0 Å². The first kappa shape index (κ1) is 9.07. The Morgan fingerprint density at radius 2 is 1.89 bits per heavy atom. The van der Waals surface area contributed by atoms with Gasteiger partial charge in [-0.05, 0) is 25.7 Å².